The summed E-state index contributed by atoms with van der Waals surface area (Å²) in [5.74, 6) is -2.06. The van der Waals surface area contributed by atoms with Crippen molar-refractivity contribution in [1.82, 2.24) is 10.2 Å². The van der Waals surface area contributed by atoms with Crippen molar-refractivity contribution in [2.75, 3.05) is 31.5 Å². The fourth-order valence-electron chi connectivity index (χ4n) is 1.80. The van der Waals surface area contributed by atoms with E-state index in [2.05, 4.69) is 26.6 Å². The molecule has 0 aliphatic carbocycles. The number of piperazine rings is 1. The number of nitrogens with zero attached hydrogens (tertiary/aromatic N) is 1. The van der Waals surface area contributed by atoms with Gasteiger partial charge in [0.05, 0.1) is 5.69 Å². The molecule has 0 radical (unpaired) electrons. The monoisotopic (exact) mass is 329 g/mol. The zero-order valence-corrected chi connectivity index (χ0v) is 11.7. The number of halogens is 2. The second-order valence-corrected chi connectivity index (χ2v) is 4.95. The molecule has 102 valence electrons. The Morgan fingerprint density at radius 2 is 2.00 bits per heavy atom. The molecule has 0 unspecified atom stereocenters. The van der Waals surface area contributed by atoms with E-state index in [0.717, 1.165) is 0 Å². The van der Waals surface area contributed by atoms with E-state index < -0.39 is 17.6 Å². The Hall–Kier alpha value is -1.47. The molecule has 0 spiro atoms. The highest BCUT2D eigenvalue weighted by Gasteiger charge is 2.24. The lowest BCUT2D eigenvalue weighted by atomic mass is 10.3. The molecular formula is C12H13BrFN3O2. The van der Waals surface area contributed by atoms with Crippen LogP contribution in [-0.4, -0.2) is 42.9 Å². The van der Waals surface area contributed by atoms with Crippen LogP contribution in [0.3, 0.4) is 0 Å². The van der Waals surface area contributed by atoms with Crippen molar-refractivity contribution in [3.8, 4) is 0 Å². The van der Waals surface area contributed by atoms with Gasteiger partial charge in [-0.25, -0.2) is 4.39 Å². The van der Waals surface area contributed by atoms with Gasteiger partial charge in [0.25, 0.3) is 0 Å². The van der Waals surface area contributed by atoms with Gasteiger partial charge in [-0.15, -0.1) is 0 Å². The van der Waals surface area contributed by atoms with Crippen molar-refractivity contribution in [1.29, 1.82) is 0 Å². The van der Waals surface area contributed by atoms with Gasteiger partial charge in [0.1, 0.15) is 5.82 Å². The Balaban J connectivity index is 2.06. The topological polar surface area (TPSA) is 61.4 Å². The standard InChI is InChI=1S/C12H13BrFN3O2/c13-8-2-1-3-9(14)10(8)16-11(18)12(19)17-6-4-15-5-7-17/h1-3,15H,4-7H2,(H,16,18). The first-order chi connectivity index (χ1) is 9.09. The summed E-state index contributed by atoms with van der Waals surface area (Å²) in [6.45, 7) is 2.26. The highest BCUT2D eigenvalue weighted by Crippen LogP contribution is 2.25. The molecule has 1 aliphatic rings. The number of benzene rings is 1. The minimum absolute atomic E-state index is 0.0176. The molecule has 7 heteroatoms. The summed E-state index contributed by atoms with van der Waals surface area (Å²) >= 11 is 3.13. The van der Waals surface area contributed by atoms with Crippen LogP contribution in [0.2, 0.25) is 0 Å². The van der Waals surface area contributed by atoms with E-state index >= 15 is 0 Å². The van der Waals surface area contributed by atoms with E-state index in [0.29, 0.717) is 30.7 Å². The van der Waals surface area contributed by atoms with E-state index in [1.807, 2.05) is 0 Å². The summed E-state index contributed by atoms with van der Waals surface area (Å²) in [6, 6.07) is 4.32. The SMILES string of the molecule is O=C(Nc1c(F)cccc1Br)C(=O)N1CCNCC1. The smallest absolute Gasteiger partial charge is 0.314 e. The Morgan fingerprint density at radius 1 is 1.32 bits per heavy atom. The van der Waals surface area contributed by atoms with Gasteiger partial charge in [-0.05, 0) is 28.1 Å². The third-order valence-electron chi connectivity index (χ3n) is 2.80. The van der Waals surface area contributed by atoms with Crippen LogP contribution >= 0.6 is 15.9 Å². The van der Waals surface area contributed by atoms with Crippen molar-refractivity contribution < 1.29 is 14.0 Å². The van der Waals surface area contributed by atoms with Gasteiger partial charge in [0.2, 0.25) is 0 Å². The van der Waals surface area contributed by atoms with E-state index in [-0.39, 0.29) is 5.69 Å². The average Bonchev–Trinajstić information content (AvgIpc) is 2.43. The second kappa shape index (κ2) is 6.12. The van der Waals surface area contributed by atoms with Gasteiger partial charge >= 0.3 is 11.8 Å². The van der Waals surface area contributed by atoms with Crippen LogP contribution < -0.4 is 10.6 Å². The van der Waals surface area contributed by atoms with E-state index in [9.17, 15) is 14.0 Å². The summed E-state index contributed by atoms with van der Waals surface area (Å²) in [4.78, 5) is 25.1. The van der Waals surface area contributed by atoms with Gasteiger partial charge in [0.15, 0.2) is 0 Å². The zero-order valence-electron chi connectivity index (χ0n) is 10.1. The number of carbonyl (C=O) groups excluding carboxylic acids is 2. The normalized spacial score (nSPS) is 15.2. The van der Waals surface area contributed by atoms with Crippen molar-refractivity contribution in [2.24, 2.45) is 0 Å². The predicted molar refractivity (Wildman–Crippen MR) is 72.2 cm³/mol. The first-order valence-electron chi connectivity index (χ1n) is 5.84. The first kappa shape index (κ1) is 14.0. The lowest BCUT2D eigenvalue weighted by Gasteiger charge is -2.26. The number of carbonyl (C=O) groups is 2. The van der Waals surface area contributed by atoms with Crippen LogP contribution in [0.5, 0.6) is 0 Å². The molecule has 1 aliphatic heterocycles. The third-order valence-corrected chi connectivity index (χ3v) is 3.46. The molecule has 1 heterocycles. The second-order valence-electron chi connectivity index (χ2n) is 4.09. The van der Waals surface area contributed by atoms with Gasteiger partial charge in [0, 0.05) is 30.7 Å². The largest absolute Gasteiger partial charge is 0.332 e. The fraction of sp³-hybridized carbons (Fsp3) is 0.333. The van der Waals surface area contributed by atoms with Crippen LogP contribution in [0, 0.1) is 5.82 Å². The quantitative estimate of drug-likeness (QED) is 0.754. The van der Waals surface area contributed by atoms with Crippen LogP contribution in [0.4, 0.5) is 10.1 Å². The minimum atomic E-state index is -0.826. The fourth-order valence-corrected chi connectivity index (χ4v) is 2.24. The minimum Gasteiger partial charge on any atom is -0.332 e. The lowest BCUT2D eigenvalue weighted by molar-refractivity contribution is -0.143. The van der Waals surface area contributed by atoms with Crippen molar-refractivity contribution in [3.05, 3.63) is 28.5 Å². The molecular weight excluding hydrogens is 317 g/mol. The summed E-state index contributed by atoms with van der Waals surface area (Å²) in [6.07, 6.45) is 0. The molecule has 0 saturated carbocycles. The Labute approximate surface area is 118 Å². The molecule has 2 amide bonds. The Bertz CT molecular complexity index is 483. The molecule has 0 aromatic heterocycles. The number of para-hydroxylation sites is 1. The van der Waals surface area contributed by atoms with Crippen LogP contribution in [0.1, 0.15) is 0 Å². The molecule has 5 nitrogen and oxygen atoms in total. The van der Waals surface area contributed by atoms with E-state index in [1.165, 1.54) is 17.0 Å². The van der Waals surface area contributed by atoms with Gasteiger partial charge < -0.3 is 15.5 Å². The van der Waals surface area contributed by atoms with Crippen LogP contribution in [-0.2, 0) is 9.59 Å². The van der Waals surface area contributed by atoms with Gasteiger partial charge in [-0.1, -0.05) is 6.07 Å². The van der Waals surface area contributed by atoms with Crippen molar-refractivity contribution >= 4 is 33.4 Å². The lowest BCUT2D eigenvalue weighted by Crippen LogP contribution is -2.50. The molecule has 0 atom stereocenters. The molecule has 0 bridgehead atoms. The summed E-state index contributed by atoms with van der Waals surface area (Å²) in [5.41, 5.74) is -0.0176. The maximum Gasteiger partial charge on any atom is 0.314 e. The number of nitrogens with one attached hydrogen (secondary N) is 2. The maximum absolute atomic E-state index is 13.5. The van der Waals surface area contributed by atoms with E-state index in [1.54, 1.807) is 6.07 Å². The summed E-state index contributed by atoms with van der Waals surface area (Å²) < 4.78 is 13.9. The molecule has 1 saturated heterocycles. The average molecular weight is 330 g/mol. The summed E-state index contributed by atoms with van der Waals surface area (Å²) in [5, 5.41) is 5.39. The predicted octanol–water partition coefficient (Wildman–Crippen LogP) is 0.958. The number of rotatable bonds is 1. The third kappa shape index (κ3) is 3.30. The molecule has 2 rings (SSSR count). The number of hydrogen-bond acceptors (Lipinski definition) is 3. The first-order valence-corrected chi connectivity index (χ1v) is 6.64. The molecule has 2 N–H and O–H groups in total. The Kier molecular flexibility index (Phi) is 4.49. The maximum atomic E-state index is 13.5. The number of hydrogen-bond donors (Lipinski definition) is 2. The summed E-state index contributed by atoms with van der Waals surface area (Å²) in [7, 11) is 0. The van der Waals surface area contributed by atoms with Crippen LogP contribution in [0.15, 0.2) is 22.7 Å². The van der Waals surface area contributed by atoms with Crippen molar-refractivity contribution in [3.63, 3.8) is 0 Å². The van der Waals surface area contributed by atoms with E-state index in [4.69, 9.17) is 0 Å². The van der Waals surface area contributed by atoms with Gasteiger partial charge in [-0.3, -0.25) is 9.59 Å². The van der Waals surface area contributed by atoms with Gasteiger partial charge in [-0.2, -0.15) is 0 Å². The highest BCUT2D eigenvalue weighted by atomic mass is 79.9. The zero-order chi connectivity index (χ0) is 13.8. The molecule has 1 aromatic carbocycles. The van der Waals surface area contributed by atoms with Crippen molar-refractivity contribution in [2.45, 2.75) is 0 Å². The van der Waals surface area contributed by atoms with Crippen LogP contribution in [0.25, 0.3) is 0 Å². The Morgan fingerprint density at radius 3 is 2.63 bits per heavy atom. The molecule has 1 fully saturated rings. The number of anilines is 1. The molecule has 1 aromatic rings. The molecule has 19 heavy (non-hydrogen) atoms. The highest BCUT2D eigenvalue weighted by molar-refractivity contribution is 9.10. The number of amides is 2.